The lowest BCUT2D eigenvalue weighted by Gasteiger charge is -2.39. The molecule has 3 N–H and O–H groups in total. The number of benzene rings is 2. The molecular weight excluding hydrogens is 464 g/mol. The molecule has 3 atom stereocenters. The van der Waals surface area contributed by atoms with E-state index < -0.39 is 12.3 Å². The monoisotopic (exact) mass is 498 g/mol. The Balaban J connectivity index is 1.42. The van der Waals surface area contributed by atoms with Crippen molar-refractivity contribution in [1.29, 1.82) is 0 Å². The number of carboxylic acids is 1. The molecule has 2 aromatic rings. The van der Waals surface area contributed by atoms with Gasteiger partial charge in [-0.2, -0.15) is 0 Å². The van der Waals surface area contributed by atoms with Gasteiger partial charge in [-0.25, -0.2) is 0 Å². The van der Waals surface area contributed by atoms with Crippen LogP contribution in [0.15, 0.2) is 48.5 Å². The fourth-order valence-electron chi connectivity index (χ4n) is 4.41. The SMILES string of the molecule is O=C(O)CCC(=O)NCc1ccc([C@@H]2O[C@H](CN3CCOCC3)C[C@H](c3ccc(CO)cc3)O2)cc1. The summed E-state index contributed by atoms with van der Waals surface area (Å²) in [5.74, 6) is -1.28. The van der Waals surface area contributed by atoms with Crippen LogP contribution in [0.5, 0.6) is 0 Å². The first-order chi connectivity index (χ1) is 17.5. The number of rotatable bonds is 10. The number of morpholine rings is 1. The van der Waals surface area contributed by atoms with E-state index in [1.807, 2.05) is 48.5 Å². The predicted octanol–water partition coefficient (Wildman–Crippen LogP) is 2.54. The molecule has 2 aromatic carbocycles. The summed E-state index contributed by atoms with van der Waals surface area (Å²) in [5, 5.41) is 20.8. The number of carboxylic acid groups (broad SMARTS) is 1. The summed E-state index contributed by atoms with van der Waals surface area (Å²) < 4.78 is 18.3. The number of amides is 1. The number of carbonyl (C=O) groups is 2. The van der Waals surface area contributed by atoms with E-state index in [0.29, 0.717) is 6.54 Å². The highest BCUT2D eigenvalue weighted by atomic mass is 16.7. The lowest BCUT2D eigenvalue weighted by molar-refractivity contribution is -0.253. The van der Waals surface area contributed by atoms with Crippen molar-refractivity contribution in [2.75, 3.05) is 32.8 Å². The molecular formula is C27H34N2O7. The Morgan fingerprint density at radius 3 is 2.25 bits per heavy atom. The minimum absolute atomic E-state index is 0.00353. The van der Waals surface area contributed by atoms with Crippen LogP contribution in [-0.4, -0.2) is 65.9 Å². The van der Waals surface area contributed by atoms with Gasteiger partial charge in [-0.3, -0.25) is 14.5 Å². The molecule has 2 saturated heterocycles. The molecule has 2 aliphatic heterocycles. The number of nitrogens with zero attached hydrogens (tertiary/aromatic N) is 1. The standard InChI is InChI=1S/C27H34N2O7/c30-18-20-3-5-21(6-4-20)24-15-23(17-29-11-13-34-14-12-29)35-27(36-24)22-7-1-19(2-8-22)16-28-25(31)9-10-26(32)33/h1-8,23-24,27,30H,9-18H2,(H,28,31)(H,32,33)/t23-,24+,27+/m0/s1. The van der Waals surface area contributed by atoms with Gasteiger partial charge in [0.1, 0.15) is 0 Å². The lowest BCUT2D eigenvalue weighted by Crippen LogP contribution is -2.44. The van der Waals surface area contributed by atoms with Crippen molar-refractivity contribution in [2.45, 2.75) is 50.9 Å². The maximum Gasteiger partial charge on any atom is 0.303 e. The van der Waals surface area contributed by atoms with E-state index in [0.717, 1.165) is 61.5 Å². The second kappa shape index (κ2) is 12.9. The highest BCUT2D eigenvalue weighted by Crippen LogP contribution is 2.38. The molecule has 1 amide bonds. The molecule has 0 unspecified atom stereocenters. The van der Waals surface area contributed by atoms with Crippen LogP contribution in [0.4, 0.5) is 0 Å². The predicted molar refractivity (Wildman–Crippen MR) is 131 cm³/mol. The van der Waals surface area contributed by atoms with Gasteiger partial charge in [-0.1, -0.05) is 48.5 Å². The molecule has 4 rings (SSSR count). The van der Waals surface area contributed by atoms with Gasteiger partial charge < -0.3 is 29.7 Å². The number of aliphatic hydroxyl groups is 1. The van der Waals surface area contributed by atoms with Gasteiger partial charge in [-0.15, -0.1) is 0 Å². The molecule has 0 spiro atoms. The van der Waals surface area contributed by atoms with Crippen LogP contribution in [0.3, 0.4) is 0 Å². The van der Waals surface area contributed by atoms with E-state index in [1.54, 1.807) is 0 Å². The molecule has 9 heteroatoms. The average Bonchev–Trinajstić information content (AvgIpc) is 2.91. The van der Waals surface area contributed by atoms with E-state index >= 15 is 0 Å². The van der Waals surface area contributed by atoms with Gasteiger partial charge in [-0.05, 0) is 16.7 Å². The van der Waals surface area contributed by atoms with Crippen LogP contribution in [0, 0.1) is 0 Å². The van der Waals surface area contributed by atoms with Crippen LogP contribution >= 0.6 is 0 Å². The Morgan fingerprint density at radius 1 is 0.917 bits per heavy atom. The third-order valence-corrected chi connectivity index (χ3v) is 6.49. The van der Waals surface area contributed by atoms with Crippen molar-refractivity contribution in [3.63, 3.8) is 0 Å². The van der Waals surface area contributed by atoms with Crippen LogP contribution < -0.4 is 5.32 Å². The summed E-state index contributed by atoms with van der Waals surface area (Å²) in [5.41, 5.74) is 3.70. The Hall–Kier alpha value is -2.82. The van der Waals surface area contributed by atoms with Gasteiger partial charge in [0, 0.05) is 44.6 Å². The molecule has 0 radical (unpaired) electrons. The fourth-order valence-corrected chi connectivity index (χ4v) is 4.41. The Bertz CT molecular complexity index is 990. The molecule has 0 aromatic heterocycles. The highest BCUT2D eigenvalue weighted by molar-refractivity contribution is 5.80. The molecule has 2 aliphatic rings. The van der Waals surface area contributed by atoms with Crippen molar-refractivity contribution < 1.29 is 34.0 Å². The Labute approximate surface area is 211 Å². The highest BCUT2D eigenvalue weighted by Gasteiger charge is 2.33. The van der Waals surface area contributed by atoms with E-state index in [4.69, 9.17) is 19.3 Å². The molecule has 2 fully saturated rings. The Kier molecular flexibility index (Phi) is 9.43. The molecule has 2 heterocycles. The van der Waals surface area contributed by atoms with Gasteiger partial charge in [0.2, 0.25) is 5.91 Å². The quantitative estimate of drug-likeness (QED) is 0.458. The van der Waals surface area contributed by atoms with Gasteiger partial charge in [0.05, 0.1) is 38.4 Å². The van der Waals surface area contributed by atoms with E-state index in [-0.39, 0.29) is 37.6 Å². The average molecular weight is 499 g/mol. The van der Waals surface area contributed by atoms with Gasteiger partial charge in [0.15, 0.2) is 6.29 Å². The number of aliphatic hydroxyl groups excluding tert-OH is 1. The fraction of sp³-hybridized carbons (Fsp3) is 0.481. The summed E-state index contributed by atoms with van der Waals surface area (Å²) in [6, 6.07) is 15.5. The zero-order valence-electron chi connectivity index (χ0n) is 20.3. The molecule has 194 valence electrons. The van der Waals surface area contributed by atoms with E-state index in [2.05, 4.69) is 10.2 Å². The normalized spacial score (nSPS) is 22.8. The lowest BCUT2D eigenvalue weighted by atomic mass is 9.99. The first-order valence-corrected chi connectivity index (χ1v) is 12.4. The van der Waals surface area contributed by atoms with Crippen molar-refractivity contribution >= 4 is 11.9 Å². The number of carbonyl (C=O) groups excluding carboxylic acids is 1. The number of nitrogens with one attached hydrogen (secondary N) is 1. The molecule has 0 saturated carbocycles. The van der Waals surface area contributed by atoms with Crippen molar-refractivity contribution in [1.82, 2.24) is 10.2 Å². The Morgan fingerprint density at radius 2 is 1.58 bits per heavy atom. The van der Waals surface area contributed by atoms with E-state index in [9.17, 15) is 14.7 Å². The zero-order chi connectivity index (χ0) is 25.3. The zero-order valence-corrected chi connectivity index (χ0v) is 20.3. The minimum Gasteiger partial charge on any atom is -0.481 e. The summed E-state index contributed by atoms with van der Waals surface area (Å²) >= 11 is 0. The van der Waals surface area contributed by atoms with Crippen LogP contribution in [-0.2, 0) is 37.0 Å². The summed E-state index contributed by atoms with van der Waals surface area (Å²) in [6.45, 7) is 4.35. The first-order valence-electron chi connectivity index (χ1n) is 12.4. The molecule has 0 aliphatic carbocycles. The third-order valence-electron chi connectivity index (χ3n) is 6.49. The molecule has 0 bridgehead atoms. The third kappa shape index (κ3) is 7.59. The second-order valence-corrected chi connectivity index (χ2v) is 9.18. The van der Waals surface area contributed by atoms with Gasteiger partial charge >= 0.3 is 5.97 Å². The van der Waals surface area contributed by atoms with Crippen molar-refractivity contribution in [3.8, 4) is 0 Å². The smallest absolute Gasteiger partial charge is 0.303 e. The van der Waals surface area contributed by atoms with Crippen molar-refractivity contribution in [2.24, 2.45) is 0 Å². The molecule has 9 nitrogen and oxygen atoms in total. The number of hydrogen-bond acceptors (Lipinski definition) is 7. The van der Waals surface area contributed by atoms with Crippen molar-refractivity contribution in [3.05, 3.63) is 70.8 Å². The van der Waals surface area contributed by atoms with Crippen LogP contribution in [0.1, 0.15) is 53.9 Å². The summed E-state index contributed by atoms with van der Waals surface area (Å²) in [7, 11) is 0. The van der Waals surface area contributed by atoms with Crippen LogP contribution in [0.25, 0.3) is 0 Å². The number of hydrogen-bond donors (Lipinski definition) is 3. The first kappa shape index (κ1) is 26.2. The maximum absolute atomic E-state index is 11.8. The van der Waals surface area contributed by atoms with Crippen LogP contribution in [0.2, 0.25) is 0 Å². The van der Waals surface area contributed by atoms with E-state index in [1.165, 1.54) is 0 Å². The second-order valence-electron chi connectivity index (χ2n) is 9.18. The van der Waals surface area contributed by atoms with Gasteiger partial charge in [0.25, 0.3) is 0 Å². The topological polar surface area (TPSA) is 118 Å². The number of ether oxygens (including phenoxy) is 3. The maximum atomic E-state index is 11.8. The molecule has 36 heavy (non-hydrogen) atoms. The summed E-state index contributed by atoms with van der Waals surface area (Å²) in [6.07, 6.45) is -0.189. The largest absolute Gasteiger partial charge is 0.481 e. The number of aliphatic carboxylic acids is 1. The minimum atomic E-state index is -0.989. The summed E-state index contributed by atoms with van der Waals surface area (Å²) in [4.78, 5) is 24.8.